The monoisotopic (exact) mass is 415 g/mol. The Balaban J connectivity index is 2.19. The van der Waals surface area contributed by atoms with E-state index in [9.17, 15) is 19.2 Å². The predicted molar refractivity (Wildman–Crippen MR) is 101 cm³/mol. The highest BCUT2D eigenvalue weighted by Gasteiger charge is 2.12. The van der Waals surface area contributed by atoms with Gasteiger partial charge in [-0.05, 0) is 48.5 Å². The summed E-state index contributed by atoms with van der Waals surface area (Å²) in [6.45, 7) is 0. The third kappa shape index (κ3) is 4.77. The minimum Gasteiger partial charge on any atom is -0.345 e. The zero-order valence-corrected chi connectivity index (χ0v) is 15.7. The molecule has 0 atom stereocenters. The molecular weight excluding hydrogens is 401 g/mol. The van der Waals surface area contributed by atoms with Gasteiger partial charge in [0.25, 0.3) is 11.8 Å². The topological polar surface area (TPSA) is 73.2 Å². The Morgan fingerprint density at radius 3 is 2.42 bits per heavy atom. The quantitative estimate of drug-likeness (QED) is 0.608. The molecule has 0 fully saturated rings. The molecule has 0 saturated heterocycles. The number of halogens is 2. The molecular formula is C19H15BrFN3O2. The molecule has 0 aliphatic heterocycles. The van der Waals surface area contributed by atoms with Crippen LogP contribution in [0.3, 0.4) is 0 Å². The molecule has 0 aliphatic rings. The molecule has 132 valence electrons. The van der Waals surface area contributed by atoms with E-state index < -0.39 is 11.7 Å². The van der Waals surface area contributed by atoms with Crippen LogP contribution in [0.25, 0.3) is 6.08 Å². The Morgan fingerprint density at radius 1 is 1.19 bits per heavy atom. The van der Waals surface area contributed by atoms with E-state index in [4.69, 9.17) is 0 Å². The second-order valence-electron chi connectivity index (χ2n) is 5.57. The van der Waals surface area contributed by atoms with Crippen molar-refractivity contribution < 1.29 is 14.0 Å². The zero-order valence-electron chi connectivity index (χ0n) is 14.1. The minimum absolute atomic E-state index is 0.123. The lowest BCUT2D eigenvalue weighted by atomic mass is 10.1. The van der Waals surface area contributed by atoms with Crippen LogP contribution in [0.5, 0.6) is 0 Å². The molecule has 2 amide bonds. The van der Waals surface area contributed by atoms with Crippen LogP contribution in [0.2, 0.25) is 0 Å². The van der Waals surface area contributed by atoms with Gasteiger partial charge < -0.3 is 10.2 Å². The SMILES string of the molecule is CN(C)C(=O)c1ccc(NC(=O)/C(C#N)=C\c2cc(Br)ccc2F)cc1. The molecule has 0 unspecified atom stereocenters. The first-order valence-corrected chi connectivity index (χ1v) is 8.31. The molecule has 1 N–H and O–H groups in total. The Kier molecular flexibility index (Phi) is 6.26. The largest absolute Gasteiger partial charge is 0.345 e. The molecule has 2 rings (SSSR count). The normalized spacial score (nSPS) is 10.8. The van der Waals surface area contributed by atoms with E-state index in [2.05, 4.69) is 21.2 Å². The van der Waals surface area contributed by atoms with Gasteiger partial charge in [0.05, 0.1) is 0 Å². The highest BCUT2D eigenvalue weighted by molar-refractivity contribution is 9.10. The number of amides is 2. The fourth-order valence-electron chi connectivity index (χ4n) is 2.08. The predicted octanol–water partition coefficient (Wildman–Crippen LogP) is 3.84. The van der Waals surface area contributed by atoms with Crippen molar-refractivity contribution in [1.82, 2.24) is 4.90 Å². The van der Waals surface area contributed by atoms with Crippen molar-refractivity contribution in [3.8, 4) is 6.07 Å². The average Bonchev–Trinajstić information content (AvgIpc) is 2.62. The van der Waals surface area contributed by atoms with Crippen LogP contribution in [0, 0.1) is 17.1 Å². The number of rotatable bonds is 4. The molecule has 0 radical (unpaired) electrons. The summed E-state index contributed by atoms with van der Waals surface area (Å²) >= 11 is 3.22. The van der Waals surface area contributed by atoms with Crippen LogP contribution in [0.15, 0.2) is 52.5 Å². The number of benzene rings is 2. The van der Waals surface area contributed by atoms with Crippen LogP contribution >= 0.6 is 15.9 Å². The maximum Gasteiger partial charge on any atom is 0.266 e. The van der Waals surface area contributed by atoms with E-state index in [1.807, 2.05) is 0 Å². The Hall–Kier alpha value is -2.98. The molecule has 0 bridgehead atoms. The maximum absolute atomic E-state index is 13.8. The molecule has 0 saturated carbocycles. The first kappa shape index (κ1) is 19.3. The minimum atomic E-state index is -0.668. The summed E-state index contributed by atoms with van der Waals surface area (Å²) in [6.07, 6.45) is 1.18. The van der Waals surface area contributed by atoms with Crippen molar-refractivity contribution in [2.75, 3.05) is 19.4 Å². The number of hydrogen-bond acceptors (Lipinski definition) is 3. The summed E-state index contributed by atoms with van der Waals surface area (Å²) in [7, 11) is 3.28. The summed E-state index contributed by atoms with van der Waals surface area (Å²) in [5.41, 5.74) is 0.773. The highest BCUT2D eigenvalue weighted by atomic mass is 79.9. The van der Waals surface area contributed by atoms with Crippen molar-refractivity contribution in [3.05, 3.63) is 69.5 Å². The number of carbonyl (C=O) groups is 2. The standard InChI is InChI=1S/C19H15BrFN3O2/c1-24(2)19(26)12-3-6-16(7-4-12)23-18(25)14(11-22)9-13-10-15(20)5-8-17(13)21/h3-10H,1-2H3,(H,23,25)/b14-9-. The molecule has 0 spiro atoms. The number of nitriles is 1. The van der Waals surface area contributed by atoms with E-state index >= 15 is 0 Å². The molecule has 0 aromatic heterocycles. The molecule has 0 heterocycles. The summed E-state index contributed by atoms with van der Waals surface area (Å²) in [4.78, 5) is 25.5. The average molecular weight is 416 g/mol. The number of carbonyl (C=O) groups excluding carboxylic acids is 2. The Morgan fingerprint density at radius 2 is 1.85 bits per heavy atom. The van der Waals surface area contributed by atoms with Crippen molar-refractivity contribution >= 4 is 39.5 Å². The van der Waals surface area contributed by atoms with Crippen molar-refractivity contribution in [3.63, 3.8) is 0 Å². The summed E-state index contributed by atoms with van der Waals surface area (Å²) in [5, 5.41) is 11.8. The number of anilines is 1. The molecule has 0 aliphatic carbocycles. The van der Waals surface area contributed by atoms with Crippen LogP contribution in [0.1, 0.15) is 15.9 Å². The van der Waals surface area contributed by atoms with E-state index in [1.165, 1.54) is 29.2 Å². The summed E-state index contributed by atoms with van der Waals surface area (Å²) < 4.78 is 14.4. The molecule has 26 heavy (non-hydrogen) atoms. The Labute approximate surface area is 158 Å². The summed E-state index contributed by atoms with van der Waals surface area (Å²) in [5.74, 6) is -1.37. The number of hydrogen-bond donors (Lipinski definition) is 1. The fraction of sp³-hybridized carbons (Fsp3) is 0.105. The van der Waals surface area contributed by atoms with Gasteiger partial charge in [0, 0.05) is 35.4 Å². The fourth-order valence-corrected chi connectivity index (χ4v) is 2.46. The maximum atomic E-state index is 13.8. The molecule has 5 nitrogen and oxygen atoms in total. The highest BCUT2D eigenvalue weighted by Crippen LogP contribution is 2.19. The van der Waals surface area contributed by atoms with Gasteiger partial charge in [-0.25, -0.2) is 4.39 Å². The molecule has 2 aromatic carbocycles. The number of nitrogens with one attached hydrogen (secondary N) is 1. The van der Waals surface area contributed by atoms with Crippen LogP contribution < -0.4 is 5.32 Å². The Bertz CT molecular complexity index is 915. The third-order valence-corrected chi connectivity index (χ3v) is 3.91. The smallest absolute Gasteiger partial charge is 0.266 e. The first-order chi connectivity index (χ1) is 12.3. The van der Waals surface area contributed by atoms with Crippen molar-refractivity contribution in [2.45, 2.75) is 0 Å². The van der Waals surface area contributed by atoms with E-state index in [1.54, 1.807) is 44.4 Å². The number of nitrogens with zero attached hydrogens (tertiary/aromatic N) is 2. The van der Waals surface area contributed by atoms with Gasteiger partial charge in [0.15, 0.2) is 0 Å². The van der Waals surface area contributed by atoms with E-state index in [0.29, 0.717) is 15.7 Å². The lowest BCUT2D eigenvalue weighted by Gasteiger charge is -2.11. The second kappa shape index (κ2) is 8.41. The van der Waals surface area contributed by atoms with Gasteiger partial charge in [0.1, 0.15) is 17.5 Å². The lowest BCUT2D eigenvalue weighted by Crippen LogP contribution is -2.21. The lowest BCUT2D eigenvalue weighted by molar-refractivity contribution is -0.112. The van der Waals surface area contributed by atoms with E-state index in [0.717, 1.165) is 0 Å². The first-order valence-electron chi connectivity index (χ1n) is 7.51. The molecule has 7 heteroatoms. The zero-order chi connectivity index (χ0) is 19.3. The van der Waals surface area contributed by atoms with Gasteiger partial charge in [-0.1, -0.05) is 15.9 Å². The second-order valence-corrected chi connectivity index (χ2v) is 6.48. The van der Waals surface area contributed by atoms with Crippen molar-refractivity contribution in [1.29, 1.82) is 5.26 Å². The van der Waals surface area contributed by atoms with Gasteiger partial charge in [-0.2, -0.15) is 5.26 Å². The van der Waals surface area contributed by atoms with Gasteiger partial charge >= 0.3 is 0 Å². The van der Waals surface area contributed by atoms with Crippen LogP contribution in [0.4, 0.5) is 10.1 Å². The van der Waals surface area contributed by atoms with Gasteiger partial charge in [-0.15, -0.1) is 0 Å². The van der Waals surface area contributed by atoms with Crippen LogP contribution in [-0.4, -0.2) is 30.8 Å². The van der Waals surface area contributed by atoms with Crippen molar-refractivity contribution in [2.24, 2.45) is 0 Å². The van der Waals surface area contributed by atoms with Gasteiger partial charge in [0.2, 0.25) is 0 Å². The third-order valence-electron chi connectivity index (χ3n) is 3.42. The molecule has 2 aromatic rings. The van der Waals surface area contributed by atoms with Gasteiger partial charge in [-0.3, -0.25) is 9.59 Å². The van der Waals surface area contributed by atoms with E-state index in [-0.39, 0.29) is 17.0 Å². The van der Waals surface area contributed by atoms with Crippen LogP contribution in [-0.2, 0) is 4.79 Å². The summed E-state index contributed by atoms with van der Waals surface area (Å²) in [6, 6.07) is 12.3.